The normalized spacial score (nSPS) is 15.6. The molecule has 0 fully saturated rings. The van der Waals surface area contributed by atoms with Gasteiger partial charge < -0.3 is 15.4 Å². The van der Waals surface area contributed by atoms with Gasteiger partial charge in [-0.15, -0.1) is 0 Å². The van der Waals surface area contributed by atoms with Gasteiger partial charge in [0.1, 0.15) is 11.6 Å². The summed E-state index contributed by atoms with van der Waals surface area (Å²) in [5.41, 5.74) is 2.43. The van der Waals surface area contributed by atoms with Crippen molar-refractivity contribution < 1.29 is 13.9 Å². The second-order valence-corrected chi connectivity index (χ2v) is 6.77. The number of fused-ring (bicyclic) bond motifs is 1. The summed E-state index contributed by atoms with van der Waals surface area (Å²) in [5.74, 6) is 0.515. The number of nitrogens with zero attached hydrogens (tertiary/aromatic N) is 2. The maximum absolute atomic E-state index is 13.8. The van der Waals surface area contributed by atoms with E-state index in [1.807, 2.05) is 29.9 Å². The number of aromatic nitrogens is 2. The van der Waals surface area contributed by atoms with E-state index < -0.39 is 11.8 Å². The van der Waals surface area contributed by atoms with Crippen molar-refractivity contribution in [2.45, 2.75) is 25.3 Å². The van der Waals surface area contributed by atoms with E-state index >= 15 is 0 Å². The highest BCUT2D eigenvalue weighted by atomic mass is 19.1. The lowest BCUT2D eigenvalue weighted by atomic mass is 9.93. The third kappa shape index (κ3) is 3.83. The van der Waals surface area contributed by atoms with Crippen LogP contribution in [0.15, 0.2) is 54.7 Å². The van der Waals surface area contributed by atoms with Crippen LogP contribution in [-0.4, -0.2) is 15.8 Å². The maximum atomic E-state index is 13.8. The van der Waals surface area contributed by atoms with Crippen molar-refractivity contribution in [3.8, 4) is 11.5 Å². The van der Waals surface area contributed by atoms with Gasteiger partial charge >= 0.3 is 6.03 Å². The Bertz CT molecular complexity index is 987. The maximum Gasteiger partial charge on any atom is 0.319 e. The number of rotatable bonds is 4. The Morgan fingerprint density at radius 3 is 2.89 bits per heavy atom. The average molecular weight is 380 g/mol. The van der Waals surface area contributed by atoms with Crippen LogP contribution >= 0.6 is 0 Å². The van der Waals surface area contributed by atoms with Crippen LogP contribution < -0.4 is 15.4 Å². The summed E-state index contributed by atoms with van der Waals surface area (Å²) in [5, 5.41) is 9.97. The summed E-state index contributed by atoms with van der Waals surface area (Å²) in [6.07, 6.45) is 4.55. The molecule has 3 aromatic rings. The summed E-state index contributed by atoms with van der Waals surface area (Å²) in [7, 11) is 1.90. The summed E-state index contributed by atoms with van der Waals surface area (Å²) in [6.45, 7) is 0. The third-order valence-electron chi connectivity index (χ3n) is 4.84. The van der Waals surface area contributed by atoms with Crippen molar-refractivity contribution in [2.24, 2.45) is 7.05 Å². The van der Waals surface area contributed by atoms with Gasteiger partial charge in [0.05, 0.1) is 17.9 Å². The van der Waals surface area contributed by atoms with Crippen LogP contribution in [0.1, 0.15) is 30.1 Å². The predicted molar refractivity (Wildman–Crippen MR) is 104 cm³/mol. The number of amides is 2. The Morgan fingerprint density at radius 2 is 2.07 bits per heavy atom. The molecule has 1 heterocycles. The van der Waals surface area contributed by atoms with Crippen molar-refractivity contribution in [3.05, 3.63) is 71.8 Å². The predicted octanol–water partition coefficient (Wildman–Crippen LogP) is 4.55. The molecule has 144 valence electrons. The van der Waals surface area contributed by atoms with E-state index in [1.165, 1.54) is 18.2 Å². The molecule has 1 atom stereocenters. The Balaban J connectivity index is 1.50. The largest absolute Gasteiger partial charge is 0.455 e. The number of benzene rings is 2. The fraction of sp³-hybridized carbons (Fsp3) is 0.238. The van der Waals surface area contributed by atoms with Gasteiger partial charge in [-0.05, 0) is 43.5 Å². The van der Waals surface area contributed by atoms with Gasteiger partial charge in [-0.1, -0.05) is 18.2 Å². The molecule has 28 heavy (non-hydrogen) atoms. The topological polar surface area (TPSA) is 68.2 Å². The molecule has 2 aromatic carbocycles. The number of urea groups is 1. The molecule has 0 spiro atoms. The standard InChI is InChI=1S/C21H21FN4O2/c1-26-19-9-5-8-17(16(19)13-23-26)24-21(27)25-18-12-14(22)10-11-20(18)28-15-6-3-2-4-7-15/h2-4,6-7,10-13,17H,5,8-9H2,1H3,(H2,24,25,27). The molecule has 2 amide bonds. The van der Waals surface area contributed by atoms with Crippen LogP contribution in [0.2, 0.25) is 0 Å². The molecular weight excluding hydrogens is 359 g/mol. The zero-order chi connectivity index (χ0) is 19.5. The van der Waals surface area contributed by atoms with E-state index in [1.54, 1.807) is 18.3 Å². The molecule has 7 heteroatoms. The van der Waals surface area contributed by atoms with Crippen LogP contribution in [0.5, 0.6) is 11.5 Å². The SMILES string of the molecule is Cn1ncc2c1CCCC2NC(=O)Nc1cc(F)ccc1Oc1ccccc1. The first-order valence-electron chi connectivity index (χ1n) is 9.21. The first kappa shape index (κ1) is 18.0. The second-order valence-electron chi connectivity index (χ2n) is 6.77. The molecule has 0 saturated heterocycles. The van der Waals surface area contributed by atoms with Crippen LogP contribution in [0.4, 0.5) is 14.9 Å². The smallest absolute Gasteiger partial charge is 0.319 e. The lowest BCUT2D eigenvalue weighted by Gasteiger charge is -2.24. The van der Waals surface area contributed by atoms with Gasteiger partial charge in [-0.2, -0.15) is 5.10 Å². The van der Waals surface area contributed by atoms with Gasteiger partial charge in [-0.3, -0.25) is 4.68 Å². The minimum atomic E-state index is -0.456. The van der Waals surface area contributed by atoms with Gasteiger partial charge in [0.25, 0.3) is 0 Å². The molecule has 0 radical (unpaired) electrons. The summed E-state index contributed by atoms with van der Waals surface area (Å²) < 4.78 is 21.4. The number of nitrogens with one attached hydrogen (secondary N) is 2. The number of hydrogen-bond donors (Lipinski definition) is 2. The van der Waals surface area contributed by atoms with E-state index in [2.05, 4.69) is 15.7 Å². The number of aryl methyl sites for hydroxylation is 1. The number of ether oxygens (including phenoxy) is 1. The van der Waals surface area contributed by atoms with Gasteiger partial charge in [0.2, 0.25) is 0 Å². The monoisotopic (exact) mass is 380 g/mol. The molecule has 1 aliphatic rings. The minimum Gasteiger partial charge on any atom is -0.455 e. The molecule has 0 aliphatic heterocycles. The van der Waals surface area contributed by atoms with Crippen LogP contribution in [0.3, 0.4) is 0 Å². The Morgan fingerprint density at radius 1 is 1.25 bits per heavy atom. The van der Waals surface area contributed by atoms with Gasteiger partial charge in [0.15, 0.2) is 5.75 Å². The van der Waals surface area contributed by atoms with Crippen LogP contribution in [0, 0.1) is 5.82 Å². The van der Waals surface area contributed by atoms with Crippen molar-refractivity contribution in [3.63, 3.8) is 0 Å². The zero-order valence-electron chi connectivity index (χ0n) is 15.5. The number of anilines is 1. The second kappa shape index (κ2) is 7.72. The van der Waals surface area contributed by atoms with Crippen molar-refractivity contribution in [1.82, 2.24) is 15.1 Å². The lowest BCUT2D eigenvalue weighted by molar-refractivity contribution is 0.247. The highest BCUT2D eigenvalue weighted by Gasteiger charge is 2.25. The number of para-hydroxylation sites is 1. The fourth-order valence-electron chi connectivity index (χ4n) is 3.48. The first-order valence-corrected chi connectivity index (χ1v) is 9.21. The van der Waals surface area contributed by atoms with E-state index in [9.17, 15) is 9.18 Å². The van der Waals surface area contributed by atoms with Crippen molar-refractivity contribution in [2.75, 3.05) is 5.32 Å². The molecule has 0 saturated carbocycles. The molecule has 0 bridgehead atoms. The fourth-order valence-corrected chi connectivity index (χ4v) is 3.48. The Kier molecular flexibility index (Phi) is 4.97. The number of halogens is 1. The number of carbonyl (C=O) groups excluding carboxylic acids is 1. The highest BCUT2D eigenvalue weighted by molar-refractivity contribution is 5.91. The van der Waals surface area contributed by atoms with Crippen LogP contribution in [-0.2, 0) is 13.5 Å². The number of hydrogen-bond acceptors (Lipinski definition) is 3. The van der Waals surface area contributed by atoms with Gasteiger partial charge in [-0.25, -0.2) is 9.18 Å². The molecular formula is C21H21FN4O2. The van der Waals surface area contributed by atoms with Crippen molar-refractivity contribution in [1.29, 1.82) is 0 Å². The summed E-state index contributed by atoms with van der Waals surface area (Å²) >= 11 is 0. The Hall–Kier alpha value is -3.35. The molecule has 4 rings (SSSR count). The van der Waals surface area contributed by atoms with Crippen LogP contribution in [0.25, 0.3) is 0 Å². The lowest BCUT2D eigenvalue weighted by Crippen LogP contribution is -2.34. The summed E-state index contributed by atoms with van der Waals surface area (Å²) in [6, 6.07) is 12.6. The molecule has 1 aliphatic carbocycles. The molecule has 1 aromatic heterocycles. The average Bonchev–Trinajstić information content (AvgIpc) is 3.07. The molecule has 1 unspecified atom stereocenters. The Labute approximate surface area is 162 Å². The number of carbonyl (C=O) groups is 1. The van der Waals surface area contributed by atoms with E-state index in [0.29, 0.717) is 11.5 Å². The first-order chi connectivity index (χ1) is 13.6. The highest BCUT2D eigenvalue weighted by Crippen LogP contribution is 2.32. The summed E-state index contributed by atoms with van der Waals surface area (Å²) in [4.78, 5) is 12.6. The van der Waals surface area contributed by atoms with Gasteiger partial charge in [0, 0.05) is 24.4 Å². The van der Waals surface area contributed by atoms with Crippen molar-refractivity contribution >= 4 is 11.7 Å². The third-order valence-corrected chi connectivity index (χ3v) is 4.84. The van der Waals surface area contributed by atoms with E-state index in [4.69, 9.17) is 4.74 Å². The van der Waals surface area contributed by atoms with E-state index in [-0.39, 0.29) is 11.7 Å². The minimum absolute atomic E-state index is 0.121. The molecule has 6 nitrogen and oxygen atoms in total. The molecule has 2 N–H and O–H groups in total. The van der Waals surface area contributed by atoms with E-state index in [0.717, 1.165) is 30.5 Å². The quantitative estimate of drug-likeness (QED) is 0.698. The zero-order valence-corrected chi connectivity index (χ0v) is 15.5.